The summed E-state index contributed by atoms with van der Waals surface area (Å²) in [6.45, 7) is 4.22. The van der Waals surface area contributed by atoms with Gasteiger partial charge in [-0.1, -0.05) is 24.3 Å². The molecule has 0 aromatic heterocycles. The summed E-state index contributed by atoms with van der Waals surface area (Å²) < 4.78 is 5.43. The topological polar surface area (TPSA) is 49.9 Å². The zero-order valence-electron chi connectivity index (χ0n) is 13.8. The Morgan fingerprint density at radius 1 is 0.708 bits per heavy atom. The second-order valence-electron chi connectivity index (χ2n) is 6.55. The first kappa shape index (κ1) is 15.4. The molecular formula is C19H22N2O3. The largest absolute Gasteiger partial charge is 0.378 e. The normalized spacial score (nSPS) is 22.0. The van der Waals surface area contributed by atoms with Gasteiger partial charge in [-0.3, -0.25) is 9.59 Å². The third kappa shape index (κ3) is 2.53. The van der Waals surface area contributed by atoms with Crippen LogP contribution in [0.25, 0.3) is 0 Å². The average molecular weight is 326 g/mol. The Morgan fingerprint density at radius 3 is 1.75 bits per heavy atom. The van der Waals surface area contributed by atoms with E-state index in [4.69, 9.17) is 4.74 Å². The van der Waals surface area contributed by atoms with E-state index in [1.807, 2.05) is 17.0 Å². The summed E-state index contributed by atoms with van der Waals surface area (Å²) in [5.41, 5.74) is 2.27. The van der Waals surface area contributed by atoms with Gasteiger partial charge in [0.25, 0.3) is 0 Å². The Bertz CT molecular complexity index is 639. The molecule has 1 aromatic carbocycles. The maximum atomic E-state index is 13.2. The maximum absolute atomic E-state index is 13.2. The van der Waals surface area contributed by atoms with Gasteiger partial charge in [-0.2, -0.15) is 0 Å². The van der Waals surface area contributed by atoms with Gasteiger partial charge >= 0.3 is 0 Å². The Labute approximate surface area is 141 Å². The van der Waals surface area contributed by atoms with Crippen molar-refractivity contribution in [2.45, 2.75) is 19.3 Å². The smallest absolute Gasteiger partial charge is 0.212 e. The number of likely N-dealkylation sites (tertiary alicyclic amines) is 1. The third-order valence-electron chi connectivity index (χ3n) is 5.07. The van der Waals surface area contributed by atoms with E-state index in [0.717, 1.165) is 25.9 Å². The van der Waals surface area contributed by atoms with E-state index < -0.39 is 0 Å². The number of allylic oxidation sites excluding steroid dienone is 2. The van der Waals surface area contributed by atoms with Crippen molar-refractivity contribution in [1.29, 1.82) is 0 Å². The van der Waals surface area contributed by atoms with Crippen LogP contribution in [0.4, 0.5) is 0 Å². The number of benzene rings is 1. The van der Waals surface area contributed by atoms with Crippen LogP contribution in [0.15, 0.2) is 35.7 Å². The number of morpholine rings is 1. The summed E-state index contributed by atoms with van der Waals surface area (Å²) >= 11 is 0. The molecule has 126 valence electrons. The zero-order valence-corrected chi connectivity index (χ0v) is 13.8. The Balaban J connectivity index is 1.83. The second kappa shape index (κ2) is 6.40. The predicted octanol–water partition coefficient (Wildman–Crippen LogP) is 2.10. The summed E-state index contributed by atoms with van der Waals surface area (Å²) in [7, 11) is 0. The average Bonchev–Trinajstić information content (AvgIpc) is 2.66. The van der Waals surface area contributed by atoms with Crippen molar-refractivity contribution in [3.8, 4) is 0 Å². The van der Waals surface area contributed by atoms with E-state index in [1.165, 1.54) is 6.42 Å². The van der Waals surface area contributed by atoms with Crippen molar-refractivity contribution >= 4 is 11.6 Å². The van der Waals surface area contributed by atoms with Crippen molar-refractivity contribution in [3.05, 3.63) is 46.8 Å². The monoisotopic (exact) mass is 326 g/mol. The first-order valence-corrected chi connectivity index (χ1v) is 8.78. The lowest BCUT2D eigenvalue weighted by Gasteiger charge is -2.38. The van der Waals surface area contributed by atoms with E-state index >= 15 is 0 Å². The lowest BCUT2D eigenvalue weighted by molar-refractivity contribution is 0.0477. The fourth-order valence-corrected chi connectivity index (χ4v) is 3.84. The van der Waals surface area contributed by atoms with E-state index in [2.05, 4.69) is 4.90 Å². The fourth-order valence-electron chi connectivity index (χ4n) is 3.84. The number of rotatable bonds is 2. The van der Waals surface area contributed by atoms with Gasteiger partial charge in [-0.15, -0.1) is 0 Å². The Morgan fingerprint density at radius 2 is 1.21 bits per heavy atom. The van der Waals surface area contributed by atoms with E-state index in [0.29, 0.717) is 48.8 Å². The Hall–Kier alpha value is -2.14. The van der Waals surface area contributed by atoms with Crippen LogP contribution in [-0.2, 0) is 4.74 Å². The molecule has 2 fully saturated rings. The van der Waals surface area contributed by atoms with Crippen LogP contribution in [0.5, 0.6) is 0 Å². The number of piperidine rings is 1. The molecule has 0 radical (unpaired) electrons. The zero-order chi connectivity index (χ0) is 16.5. The fraction of sp³-hybridized carbons (Fsp3) is 0.474. The SMILES string of the molecule is O=C1C(N2CCCCC2)=C(N2CCOCC2)C(=O)c2ccccc21. The number of carbonyl (C=O) groups excluding carboxylic acids is 2. The molecule has 4 rings (SSSR count). The number of carbonyl (C=O) groups is 2. The van der Waals surface area contributed by atoms with E-state index in [1.54, 1.807) is 12.1 Å². The van der Waals surface area contributed by atoms with Crippen molar-refractivity contribution in [1.82, 2.24) is 9.80 Å². The second-order valence-corrected chi connectivity index (χ2v) is 6.55. The number of Topliss-reactive ketones (excluding diaryl/α,β-unsaturated/α-hetero) is 2. The number of hydrogen-bond donors (Lipinski definition) is 0. The van der Waals surface area contributed by atoms with Gasteiger partial charge in [-0.05, 0) is 19.3 Å². The van der Waals surface area contributed by atoms with Gasteiger partial charge in [0.15, 0.2) is 0 Å². The molecule has 2 aliphatic heterocycles. The van der Waals surface area contributed by atoms with Crippen LogP contribution >= 0.6 is 0 Å². The molecule has 1 aliphatic carbocycles. The van der Waals surface area contributed by atoms with Crippen LogP contribution < -0.4 is 0 Å². The van der Waals surface area contributed by atoms with Crippen LogP contribution in [0, 0.1) is 0 Å². The highest BCUT2D eigenvalue weighted by atomic mass is 16.5. The number of ether oxygens (including phenoxy) is 1. The molecule has 0 spiro atoms. The molecule has 24 heavy (non-hydrogen) atoms. The maximum Gasteiger partial charge on any atom is 0.212 e. The molecule has 0 bridgehead atoms. The minimum Gasteiger partial charge on any atom is -0.378 e. The molecular weight excluding hydrogens is 304 g/mol. The van der Waals surface area contributed by atoms with E-state index in [-0.39, 0.29) is 11.6 Å². The lowest BCUT2D eigenvalue weighted by atomic mass is 9.88. The summed E-state index contributed by atoms with van der Waals surface area (Å²) in [6, 6.07) is 7.20. The molecule has 5 nitrogen and oxygen atoms in total. The molecule has 0 unspecified atom stereocenters. The minimum absolute atomic E-state index is 0.00593. The van der Waals surface area contributed by atoms with Gasteiger partial charge in [0, 0.05) is 37.3 Å². The molecule has 0 saturated carbocycles. The van der Waals surface area contributed by atoms with Crippen LogP contribution in [0.3, 0.4) is 0 Å². The Kier molecular flexibility index (Phi) is 4.10. The van der Waals surface area contributed by atoms with Gasteiger partial charge in [0.2, 0.25) is 11.6 Å². The number of ketones is 2. The standard InChI is InChI=1S/C19H22N2O3/c22-18-14-6-2-3-7-15(14)19(23)17(21-10-12-24-13-11-21)16(18)20-8-4-1-5-9-20/h2-3,6-7H,1,4-5,8-13H2. The summed E-state index contributed by atoms with van der Waals surface area (Å²) in [4.78, 5) is 30.6. The number of hydrogen-bond acceptors (Lipinski definition) is 5. The highest BCUT2D eigenvalue weighted by Crippen LogP contribution is 2.32. The molecule has 3 aliphatic rings. The van der Waals surface area contributed by atoms with Crippen molar-refractivity contribution in [3.63, 3.8) is 0 Å². The quantitative estimate of drug-likeness (QED) is 0.833. The predicted molar refractivity (Wildman–Crippen MR) is 89.9 cm³/mol. The molecule has 0 N–H and O–H groups in total. The number of nitrogens with zero attached hydrogens (tertiary/aromatic N) is 2. The first-order valence-electron chi connectivity index (χ1n) is 8.78. The molecule has 2 heterocycles. The molecule has 1 aromatic rings. The van der Waals surface area contributed by atoms with Crippen LogP contribution in [0.1, 0.15) is 40.0 Å². The molecule has 0 amide bonds. The van der Waals surface area contributed by atoms with Crippen LogP contribution in [-0.4, -0.2) is 60.8 Å². The van der Waals surface area contributed by atoms with Crippen LogP contribution in [0.2, 0.25) is 0 Å². The van der Waals surface area contributed by atoms with Crippen molar-refractivity contribution in [2.75, 3.05) is 39.4 Å². The summed E-state index contributed by atoms with van der Waals surface area (Å²) in [5.74, 6) is -0.0266. The molecule has 0 atom stereocenters. The first-order chi connectivity index (χ1) is 11.8. The van der Waals surface area contributed by atoms with Gasteiger partial charge in [0.1, 0.15) is 11.4 Å². The third-order valence-corrected chi connectivity index (χ3v) is 5.07. The minimum atomic E-state index is -0.0207. The van der Waals surface area contributed by atoms with Crippen molar-refractivity contribution in [2.24, 2.45) is 0 Å². The summed E-state index contributed by atoms with van der Waals surface area (Å²) in [5, 5.41) is 0. The van der Waals surface area contributed by atoms with Crippen molar-refractivity contribution < 1.29 is 14.3 Å². The number of fused-ring (bicyclic) bond motifs is 1. The van der Waals surface area contributed by atoms with Gasteiger partial charge in [-0.25, -0.2) is 0 Å². The van der Waals surface area contributed by atoms with Gasteiger partial charge < -0.3 is 14.5 Å². The van der Waals surface area contributed by atoms with E-state index in [9.17, 15) is 9.59 Å². The summed E-state index contributed by atoms with van der Waals surface area (Å²) in [6.07, 6.45) is 3.33. The molecule has 2 saturated heterocycles. The van der Waals surface area contributed by atoms with Gasteiger partial charge in [0.05, 0.1) is 13.2 Å². The highest BCUT2D eigenvalue weighted by Gasteiger charge is 2.38. The lowest BCUT2D eigenvalue weighted by Crippen LogP contribution is -2.45. The highest BCUT2D eigenvalue weighted by molar-refractivity contribution is 6.26. The molecule has 5 heteroatoms.